The molecular formula is C13H13NO3. The number of benzene rings is 1. The number of carbonyl (C=O) groups is 2. The summed E-state index contributed by atoms with van der Waals surface area (Å²) in [5.74, 6) is 1.40. The highest BCUT2D eigenvalue weighted by molar-refractivity contribution is 5.95. The van der Waals surface area contributed by atoms with E-state index in [1.165, 1.54) is 24.3 Å². The predicted molar refractivity (Wildman–Crippen MR) is 63.3 cm³/mol. The molecule has 0 aliphatic heterocycles. The van der Waals surface area contributed by atoms with Gasteiger partial charge in [0.15, 0.2) is 0 Å². The lowest BCUT2D eigenvalue weighted by atomic mass is 10.1. The molecule has 2 N–H and O–H groups in total. The SMILES string of the molecule is C#CC[C@H](C)OC(=O)c1ccc(C(N)=O)cc1. The van der Waals surface area contributed by atoms with E-state index in [1.807, 2.05) is 0 Å². The van der Waals surface area contributed by atoms with Crippen LogP contribution in [0.25, 0.3) is 0 Å². The molecule has 0 heterocycles. The number of amides is 1. The van der Waals surface area contributed by atoms with Crippen LogP contribution in [0, 0.1) is 12.3 Å². The molecule has 1 aromatic rings. The Kier molecular flexibility index (Phi) is 4.29. The minimum atomic E-state index is -0.536. The van der Waals surface area contributed by atoms with Gasteiger partial charge in [0.2, 0.25) is 5.91 Å². The van der Waals surface area contributed by atoms with Crippen molar-refractivity contribution in [2.45, 2.75) is 19.4 Å². The molecule has 0 aromatic heterocycles. The third-order valence-electron chi connectivity index (χ3n) is 2.12. The number of ether oxygens (including phenoxy) is 1. The molecule has 88 valence electrons. The maximum absolute atomic E-state index is 11.6. The molecule has 0 saturated heterocycles. The molecule has 1 aromatic carbocycles. The summed E-state index contributed by atoms with van der Waals surface area (Å²) < 4.78 is 5.08. The average molecular weight is 231 g/mol. The minimum Gasteiger partial charge on any atom is -0.458 e. The van der Waals surface area contributed by atoms with Crippen LogP contribution in [0.2, 0.25) is 0 Å². The Morgan fingerprint density at radius 3 is 2.35 bits per heavy atom. The maximum atomic E-state index is 11.6. The van der Waals surface area contributed by atoms with E-state index < -0.39 is 11.9 Å². The van der Waals surface area contributed by atoms with E-state index in [2.05, 4.69) is 5.92 Å². The fourth-order valence-corrected chi connectivity index (χ4v) is 1.23. The minimum absolute atomic E-state index is 0.330. The highest BCUT2D eigenvalue weighted by atomic mass is 16.5. The molecule has 0 aliphatic carbocycles. The third kappa shape index (κ3) is 3.65. The van der Waals surface area contributed by atoms with Crippen LogP contribution in [-0.4, -0.2) is 18.0 Å². The van der Waals surface area contributed by atoms with Crippen molar-refractivity contribution in [3.8, 4) is 12.3 Å². The summed E-state index contributed by atoms with van der Waals surface area (Å²) in [6.45, 7) is 1.72. The molecule has 4 nitrogen and oxygen atoms in total. The summed E-state index contributed by atoms with van der Waals surface area (Å²) in [5, 5.41) is 0. The molecule has 0 saturated carbocycles. The molecular weight excluding hydrogens is 218 g/mol. The van der Waals surface area contributed by atoms with Gasteiger partial charge in [0.05, 0.1) is 5.56 Å². The number of rotatable bonds is 4. The van der Waals surface area contributed by atoms with Gasteiger partial charge in [-0.05, 0) is 31.2 Å². The Labute approximate surface area is 99.8 Å². The van der Waals surface area contributed by atoms with Gasteiger partial charge < -0.3 is 10.5 Å². The van der Waals surface area contributed by atoms with Gasteiger partial charge in [-0.3, -0.25) is 4.79 Å². The van der Waals surface area contributed by atoms with E-state index in [0.29, 0.717) is 17.5 Å². The fraction of sp³-hybridized carbons (Fsp3) is 0.231. The van der Waals surface area contributed by atoms with Crippen LogP contribution in [0.4, 0.5) is 0 Å². The summed E-state index contributed by atoms with van der Waals surface area (Å²) >= 11 is 0. The van der Waals surface area contributed by atoms with Gasteiger partial charge in [0.1, 0.15) is 6.10 Å². The smallest absolute Gasteiger partial charge is 0.338 e. The monoisotopic (exact) mass is 231 g/mol. The van der Waals surface area contributed by atoms with E-state index in [0.717, 1.165) is 0 Å². The number of hydrogen-bond acceptors (Lipinski definition) is 3. The van der Waals surface area contributed by atoms with E-state index >= 15 is 0 Å². The number of nitrogens with two attached hydrogens (primary N) is 1. The first kappa shape index (κ1) is 12.8. The van der Waals surface area contributed by atoms with Crippen molar-refractivity contribution in [1.29, 1.82) is 0 Å². The molecule has 0 radical (unpaired) electrons. The summed E-state index contributed by atoms with van der Waals surface area (Å²) in [6.07, 6.45) is 5.14. The topological polar surface area (TPSA) is 69.4 Å². The van der Waals surface area contributed by atoms with Crippen LogP contribution < -0.4 is 5.73 Å². The number of hydrogen-bond donors (Lipinski definition) is 1. The van der Waals surface area contributed by atoms with Crippen molar-refractivity contribution in [1.82, 2.24) is 0 Å². The van der Waals surface area contributed by atoms with Crippen LogP contribution in [-0.2, 0) is 4.74 Å². The van der Waals surface area contributed by atoms with Crippen molar-refractivity contribution >= 4 is 11.9 Å². The second-order valence-corrected chi connectivity index (χ2v) is 3.57. The lowest BCUT2D eigenvalue weighted by molar-refractivity contribution is 0.0352. The third-order valence-corrected chi connectivity index (χ3v) is 2.12. The van der Waals surface area contributed by atoms with Crippen LogP contribution >= 0.6 is 0 Å². The molecule has 0 spiro atoms. The normalized spacial score (nSPS) is 11.3. The molecule has 17 heavy (non-hydrogen) atoms. The van der Waals surface area contributed by atoms with E-state index in [-0.39, 0.29) is 6.10 Å². The van der Waals surface area contributed by atoms with Gasteiger partial charge in [-0.15, -0.1) is 12.3 Å². The van der Waals surface area contributed by atoms with Gasteiger partial charge in [0.25, 0.3) is 0 Å². The standard InChI is InChI=1S/C13H13NO3/c1-3-4-9(2)17-13(16)11-7-5-10(6-8-11)12(14)15/h1,5-9H,4H2,2H3,(H2,14,15)/t9-/m0/s1. The zero-order valence-electron chi connectivity index (χ0n) is 9.47. The van der Waals surface area contributed by atoms with Crippen molar-refractivity contribution in [3.05, 3.63) is 35.4 Å². The van der Waals surface area contributed by atoms with Crippen molar-refractivity contribution in [2.24, 2.45) is 5.73 Å². The van der Waals surface area contributed by atoms with Gasteiger partial charge in [-0.25, -0.2) is 4.79 Å². The first-order valence-electron chi connectivity index (χ1n) is 5.09. The van der Waals surface area contributed by atoms with Crippen LogP contribution in [0.5, 0.6) is 0 Å². The van der Waals surface area contributed by atoms with Gasteiger partial charge in [-0.1, -0.05) is 0 Å². The second-order valence-electron chi connectivity index (χ2n) is 3.57. The summed E-state index contributed by atoms with van der Waals surface area (Å²) in [4.78, 5) is 22.4. The second kappa shape index (κ2) is 5.71. The molecule has 0 unspecified atom stereocenters. The zero-order valence-corrected chi connectivity index (χ0v) is 9.47. The summed E-state index contributed by atoms with van der Waals surface area (Å²) in [6, 6.07) is 5.94. The van der Waals surface area contributed by atoms with E-state index in [1.54, 1.807) is 6.92 Å². The first-order valence-corrected chi connectivity index (χ1v) is 5.09. The number of terminal acetylenes is 1. The first-order chi connectivity index (χ1) is 8.04. The summed E-state index contributed by atoms with van der Waals surface area (Å²) in [5.41, 5.74) is 5.79. The molecule has 0 bridgehead atoms. The molecule has 0 aliphatic rings. The Morgan fingerprint density at radius 2 is 1.88 bits per heavy atom. The molecule has 1 amide bonds. The van der Waals surface area contributed by atoms with Crippen molar-refractivity contribution in [2.75, 3.05) is 0 Å². The highest BCUT2D eigenvalue weighted by Gasteiger charge is 2.11. The average Bonchev–Trinajstić information content (AvgIpc) is 2.29. The van der Waals surface area contributed by atoms with Crippen molar-refractivity contribution < 1.29 is 14.3 Å². The van der Waals surface area contributed by atoms with E-state index in [4.69, 9.17) is 16.9 Å². The molecule has 1 rings (SSSR count). The van der Waals surface area contributed by atoms with Crippen LogP contribution in [0.3, 0.4) is 0 Å². The molecule has 0 fully saturated rings. The van der Waals surface area contributed by atoms with Gasteiger partial charge >= 0.3 is 5.97 Å². The number of primary amides is 1. The van der Waals surface area contributed by atoms with Gasteiger partial charge in [0, 0.05) is 12.0 Å². The molecule has 4 heteroatoms. The Bertz CT molecular complexity index is 457. The van der Waals surface area contributed by atoms with Crippen LogP contribution in [0.1, 0.15) is 34.1 Å². The quantitative estimate of drug-likeness (QED) is 0.628. The lowest BCUT2D eigenvalue weighted by Crippen LogP contribution is -2.15. The zero-order chi connectivity index (χ0) is 12.8. The van der Waals surface area contributed by atoms with E-state index in [9.17, 15) is 9.59 Å². The van der Waals surface area contributed by atoms with Crippen molar-refractivity contribution in [3.63, 3.8) is 0 Å². The van der Waals surface area contributed by atoms with Crippen LogP contribution in [0.15, 0.2) is 24.3 Å². The number of esters is 1. The lowest BCUT2D eigenvalue weighted by Gasteiger charge is -2.10. The Morgan fingerprint density at radius 1 is 1.35 bits per heavy atom. The predicted octanol–water partition coefficient (Wildman–Crippen LogP) is 1.35. The fourth-order valence-electron chi connectivity index (χ4n) is 1.23. The Balaban J connectivity index is 2.70. The van der Waals surface area contributed by atoms with Gasteiger partial charge in [-0.2, -0.15) is 0 Å². The summed E-state index contributed by atoms with van der Waals surface area (Å²) in [7, 11) is 0. The largest absolute Gasteiger partial charge is 0.458 e. The maximum Gasteiger partial charge on any atom is 0.338 e. The molecule has 1 atom stereocenters. The Hall–Kier alpha value is -2.28. The highest BCUT2D eigenvalue weighted by Crippen LogP contribution is 2.08. The number of carbonyl (C=O) groups excluding carboxylic acids is 2.